The Bertz CT molecular complexity index is 1910. The summed E-state index contributed by atoms with van der Waals surface area (Å²) in [5, 5.41) is 0.732. The fourth-order valence-electron chi connectivity index (χ4n) is 7.15. The molecule has 1 unspecified atom stereocenters. The number of anilines is 1. The molecule has 4 heterocycles. The minimum atomic E-state index is -0.137. The minimum Gasteiger partial charge on any atom is -0.457 e. The Hall–Kier alpha value is -5.14. The smallest absolute Gasteiger partial charge is 0.246 e. The molecule has 0 radical (unpaired) electrons. The second-order valence-corrected chi connectivity index (χ2v) is 13.4. The van der Waals surface area contributed by atoms with Crippen LogP contribution in [-0.4, -0.2) is 88.4 Å². The molecule has 0 bridgehead atoms. The van der Waals surface area contributed by atoms with Crippen molar-refractivity contribution < 1.29 is 14.3 Å². The summed E-state index contributed by atoms with van der Waals surface area (Å²) >= 11 is 0. The van der Waals surface area contributed by atoms with E-state index in [0.717, 1.165) is 60.4 Å². The topological polar surface area (TPSA) is 110 Å². The van der Waals surface area contributed by atoms with Crippen molar-refractivity contribution in [1.29, 1.82) is 0 Å². The molecule has 2 saturated heterocycles. The van der Waals surface area contributed by atoms with E-state index in [0.29, 0.717) is 30.2 Å². The normalized spacial score (nSPS) is 18.9. The number of hydrogen-bond acceptors (Lipinski definition) is 7. The molecule has 10 nitrogen and oxygen atoms in total. The fourth-order valence-corrected chi connectivity index (χ4v) is 7.15. The molecule has 7 rings (SSSR count). The number of ether oxygens (including phenoxy) is 1. The van der Waals surface area contributed by atoms with Crippen LogP contribution in [0.5, 0.6) is 11.5 Å². The lowest BCUT2D eigenvalue weighted by Gasteiger charge is -2.57. The van der Waals surface area contributed by atoms with Gasteiger partial charge in [0.2, 0.25) is 11.8 Å². The van der Waals surface area contributed by atoms with Gasteiger partial charge in [-0.3, -0.25) is 9.59 Å². The van der Waals surface area contributed by atoms with Crippen molar-refractivity contribution in [3.8, 4) is 34.5 Å². The molecule has 3 aliphatic rings. The average molecular weight is 630 g/mol. The second kappa shape index (κ2) is 12.2. The van der Waals surface area contributed by atoms with Crippen molar-refractivity contribution in [3.63, 3.8) is 0 Å². The lowest BCUT2D eigenvalue weighted by molar-refractivity contribution is -0.147. The summed E-state index contributed by atoms with van der Waals surface area (Å²) in [6.07, 6.45) is 7.35. The van der Waals surface area contributed by atoms with Gasteiger partial charge in [-0.05, 0) is 62.7 Å². The third kappa shape index (κ3) is 5.95. The van der Waals surface area contributed by atoms with E-state index in [4.69, 9.17) is 10.5 Å². The van der Waals surface area contributed by atoms with Crippen LogP contribution in [0.2, 0.25) is 0 Å². The number of nitrogens with two attached hydrogens (primary N) is 1. The number of aromatic nitrogens is 3. The number of likely N-dealkylation sites (tertiary alicyclic amines) is 2. The standard InChI is InChI=1S/C37H39N7O3/c1-41(2)17-7-10-31(45)43-22-37(23-43)19-25(20-37)11-16-30-33(26-12-14-29(15-13-26)47-28-8-5-4-6-9-28)34-35(38)39-24-40-36(34)44(30)27-18-32(46)42(3)21-27/h4-10,12-15,24-25,27H,17-23H2,1-3H3,(H2,38,39,40)/b10-7+. The molecule has 1 aliphatic carbocycles. The molecule has 10 heteroatoms. The molecule has 1 saturated carbocycles. The van der Waals surface area contributed by atoms with Crippen molar-refractivity contribution in [2.75, 3.05) is 53.1 Å². The number of para-hydroxylation sites is 1. The highest BCUT2D eigenvalue weighted by molar-refractivity contribution is 6.04. The van der Waals surface area contributed by atoms with Crippen LogP contribution in [0.1, 0.15) is 31.0 Å². The highest BCUT2D eigenvalue weighted by Gasteiger charge is 2.52. The summed E-state index contributed by atoms with van der Waals surface area (Å²) in [5.41, 5.74) is 9.94. The molecule has 2 aromatic heterocycles. The Morgan fingerprint density at radius 3 is 2.49 bits per heavy atom. The van der Waals surface area contributed by atoms with Gasteiger partial charge in [0.05, 0.1) is 11.4 Å². The number of nitrogens with zero attached hydrogens (tertiary/aromatic N) is 6. The predicted molar refractivity (Wildman–Crippen MR) is 181 cm³/mol. The van der Waals surface area contributed by atoms with Crippen LogP contribution in [-0.2, 0) is 9.59 Å². The molecule has 2 aliphatic heterocycles. The van der Waals surface area contributed by atoms with E-state index in [-0.39, 0.29) is 29.2 Å². The molecule has 240 valence electrons. The van der Waals surface area contributed by atoms with Crippen LogP contribution in [0, 0.1) is 23.2 Å². The third-order valence-corrected chi connectivity index (χ3v) is 9.47. The number of rotatable bonds is 7. The number of carbonyl (C=O) groups is 2. The van der Waals surface area contributed by atoms with Gasteiger partial charge in [-0.25, -0.2) is 9.97 Å². The summed E-state index contributed by atoms with van der Waals surface area (Å²) in [4.78, 5) is 40.0. The quantitative estimate of drug-likeness (QED) is 0.235. The van der Waals surface area contributed by atoms with Gasteiger partial charge in [0.25, 0.3) is 0 Å². The van der Waals surface area contributed by atoms with E-state index in [1.54, 1.807) is 11.0 Å². The maximum absolute atomic E-state index is 12.7. The maximum atomic E-state index is 12.7. The highest BCUT2D eigenvalue weighted by atomic mass is 16.5. The summed E-state index contributed by atoms with van der Waals surface area (Å²) in [6.45, 7) is 2.86. The third-order valence-electron chi connectivity index (χ3n) is 9.47. The molecule has 1 spiro atoms. The first-order valence-electron chi connectivity index (χ1n) is 16.0. The zero-order chi connectivity index (χ0) is 32.7. The first kappa shape index (κ1) is 30.5. The maximum Gasteiger partial charge on any atom is 0.246 e. The van der Waals surface area contributed by atoms with Crippen LogP contribution < -0.4 is 10.5 Å². The zero-order valence-electron chi connectivity index (χ0n) is 27.0. The van der Waals surface area contributed by atoms with Crippen molar-refractivity contribution in [2.45, 2.75) is 25.3 Å². The lowest BCUT2D eigenvalue weighted by atomic mass is 9.58. The number of amides is 2. The highest BCUT2D eigenvalue weighted by Crippen LogP contribution is 2.52. The van der Waals surface area contributed by atoms with Crippen molar-refractivity contribution in [2.24, 2.45) is 11.3 Å². The monoisotopic (exact) mass is 629 g/mol. The van der Waals surface area contributed by atoms with Gasteiger partial charge < -0.3 is 29.7 Å². The van der Waals surface area contributed by atoms with Gasteiger partial charge in [0.15, 0.2) is 0 Å². The Labute approximate surface area is 274 Å². The van der Waals surface area contributed by atoms with Crippen LogP contribution in [0.3, 0.4) is 0 Å². The number of benzene rings is 2. The predicted octanol–water partition coefficient (Wildman–Crippen LogP) is 4.58. The molecular formula is C37H39N7O3. The molecular weight excluding hydrogens is 590 g/mol. The number of carbonyl (C=O) groups excluding carboxylic acids is 2. The van der Waals surface area contributed by atoms with E-state index in [1.807, 2.05) is 91.6 Å². The Balaban J connectivity index is 1.19. The number of nitrogen functional groups attached to an aromatic ring is 1. The molecule has 1 atom stereocenters. The van der Waals surface area contributed by atoms with E-state index < -0.39 is 0 Å². The summed E-state index contributed by atoms with van der Waals surface area (Å²) in [7, 11) is 5.79. The van der Waals surface area contributed by atoms with Gasteiger partial charge in [0, 0.05) is 62.6 Å². The van der Waals surface area contributed by atoms with Gasteiger partial charge in [-0.15, -0.1) is 0 Å². The minimum absolute atomic E-state index is 0.0798. The first-order chi connectivity index (χ1) is 22.7. The molecule has 4 aromatic rings. The fraction of sp³-hybridized carbons (Fsp3) is 0.351. The van der Waals surface area contributed by atoms with Crippen molar-refractivity contribution in [3.05, 3.63) is 78.8 Å². The van der Waals surface area contributed by atoms with Crippen molar-refractivity contribution >= 4 is 28.7 Å². The number of hydrogen-bond donors (Lipinski definition) is 1. The summed E-state index contributed by atoms with van der Waals surface area (Å²) in [5.74, 6) is 9.34. The van der Waals surface area contributed by atoms with Crippen LogP contribution in [0.4, 0.5) is 5.82 Å². The Kier molecular flexibility index (Phi) is 7.94. The van der Waals surface area contributed by atoms with Crippen LogP contribution in [0.25, 0.3) is 22.2 Å². The summed E-state index contributed by atoms with van der Waals surface area (Å²) < 4.78 is 8.15. The Morgan fingerprint density at radius 1 is 1.09 bits per heavy atom. The van der Waals surface area contributed by atoms with E-state index in [9.17, 15) is 9.59 Å². The van der Waals surface area contributed by atoms with Crippen molar-refractivity contribution in [1.82, 2.24) is 29.2 Å². The lowest BCUT2D eigenvalue weighted by Crippen LogP contribution is -2.63. The van der Waals surface area contributed by atoms with Gasteiger partial charge >= 0.3 is 0 Å². The number of likely N-dealkylation sites (N-methyl/N-ethyl adjacent to an activating group) is 2. The molecule has 3 fully saturated rings. The van der Waals surface area contributed by atoms with E-state index >= 15 is 0 Å². The number of fused-ring (bicyclic) bond motifs is 1. The zero-order valence-corrected chi connectivity index (χ0v) is 27.0. The second-order valence-electron chi connectivity index (χ2n) is 13.4. The molecule has 47 heavy (non-hydrogen) atoms. The van der Waals surface area contributed by atoms with E-state index in [1.165, 1.54) is 6.33 Å². The van der Waals surface area contributed by atoms with Crippen LogP contribution in [0.15, 0.2) is 73.1 Å². The molecule has 2 amide bonds. The molecule has 2 N–H and O–H groups in total. The van der Waals surface area contributed by atoms with Crippen LogP contribution >= 0.6 is 0 Å². The largest absolute Gasteiger partial charge is 0.457 e. The van der Waals surface area contributed by atoms with E-state index in [2.05, 4.69) is 26.4 Å². The Morgan fingerprint density at radius 2 is 1.81 bits per heavy atom. The van der Waals surface area contributed by atoms with Gasteiger partial charge in [-0.1, -0.05) is 42.3 Å². The summed E-state index contributed by atoms with van der Waals surface area (Å²) in [6, 6.07) is 17.4. The average Bonchev–Trinajstić information content (AvgIpc) is 3.52. The SMILES string of the molecule is CN(C)C/C=C/C(=O)N1CC2(CC(C#Cc3c(-c4ccc(Oc5ccccc5)cc4)c4c(N)ncnc4n3C3CC(=O)N(C)C3)C2)C1. The van der Waals surface area contributed by atoms with Gasteiger partial charge in [0.1, 0.15) is 35.0 Å². The first-order valence-corrected chi connectivity index (χ1v) is 16.0. The molecule has 2 aromatic carbocycles. The van der Waals surface area contributed by atoms with Gasteiger partial charge in [-0.2, -0.15) is 0 Å².